The summed E-state index contributed by atoms with van der Waals surface area (Å²) in [7, 11) is 1.70. The van der Waals surface area contributed by atoms with Crippen molar-refractivity contribution in [2.75, 3.05) is 7.11 Å². The first-order valence-corrected chi connectivity index (χ1v) is 6.97. The summed E-state index contributed by atoms with van der Waals surface area (Å²) < 4.78 is 5.22. The van der Waals surface area contributed by atoms with E-state index in [1.165, 1.54) is 12.8 Å². The number of hydrogen-bond donors (Lipinski definition) is 1. The van der Waals surface area contributed by atoms with Crippen molar-refractivity contribution in [1.82, 2.24) is 0 Å². The summed E-state index contributed by atoms with van der Waals surface area (Å²) in [5, 5.41) is 10.6. The molecule has 2 heteroatoms. The summed E-state index contributed by atoms with van der Waals surface area (Å²) in [6.07, 6.45) is 4.51. The van der Waals surface area contributed by atoms with Crippen LogP contribution in [0.4, 0.5) is 0 Å². The Morgan fingerprint density at radius 2 is 2.11 bits per heavy atom. The molecule has 0 radical (unpaired) electrons. The number of ether oxygens (including phenoxy) is 1. The van der Waals surface area contributed by atoms with Gasteiger partial charge in [-0.05, 0) is 35.8 Å². The normalized spacial score (nSPS) is 25.9. The maximum atomic E-state index is 10.6. The van der Waals surface area contributed by atoms with Gasteiger partial charge in [-0.3, -0.25) is 0 Å². The maximum Gasteiger partial charge on any atom is 0.0821 e. The molecule has 0 heterocycles. The van der Waals surface area contributed by atoms with E-state index in [9.17, 15) is 5.11 Å². The van der Waals surface area contributed by atoms with E-state index in [0.29, 0.717) is 12.5 Å². The molecule has 2 rings (SSSR count). The molecule has 1 aliphatic rings. The average Bonchev–Trinajstić information content (AvgIpc) is 2.39. The minimum atomic E-state index is -0.334. The van der Waals surface area contributed by atoms with E-state index >= 15 is 0 Å². The quantitative estimate of drug-likeness (QED) is 0.880. The first-order valence-electron chi connectivity index (χ1n) is 6.97. The molecule has 0 spiro atoms. The van der Waals surface area contributed by atoms with Crippen LogP contribution in [0.3, 0.4) is 0 Å². The topological polar surface area (TPSA) is 29.5 Å². The minimum Gasteiger partial charge on any atom is -0.388 e. The Bertz CT molecular complexity index is 375. The minimum absolute atomic E-state index is 0.334. The van der Waals surface area contributed by atoms with Crippen LogP contribution in [0.1, 0.15) is 49.8 Å². The molecule has 1 aromatic rings. The molecule has 1 aromatic carbocycles. The molecule has 3 atom stereocenters. The van der Waals surface area contributed by atoms with Crippen LogP contribution in [0.5, 0.6) is 0 Å². The number of aliphatic hydroxyl groups excluding tert-OH is 1. The summed E-state index contributed by atoms with van der Waals surface area (Å²) in [4.78, 5) is 0. The molecule has 18 heavy (non-hydrogen) atoms. The molecule has 1 saturated carbocycles. The van der Waals surface area contributed by atoms with Crippen molar-refractivity contribution >= 4 is 0 Å². The molecule has 0 amide bonds. The zero-order valence-corrected chi connectivity index (χ0v) is 11.4. The molecule has 2 nitrogen and oxygen atoms in total. The van der Waals surface area contributed by atoms with Gasteiger partial charge in [0.1, 0.15) is 0 Å². The van der Waals surface area contributed by atoms with Crippen LogP contribution in [0.25, 0.3) is 0 Å². The Hall–Kier alpha value is -0.860. The van der Waals surface area contributed by atoms with E-state index in [0.717, 1.165) is 29.9 Å². The van der Waals surface area contributed by atoms with Crippen molar-refractivity contribution in [3.05, 3.63) is 35.4 Å². The Kier molecular flexibility index (Phi) is 4.79. The highest BCUT2D eigenvalue weighted by atomic mass is 16.5. The van der Waals surface area contributed by atoms with Crippen LogP contribution in [0, 0.1) is 11.8 Å². The van der Waals surface area contributed by atoms with Gasteiger partial charge in [-0.2, -0.15) is 0 Å². The monoisotopic (exact) mass is 248 g/mol. The molecule has 0 bridgehead atoms. The van der Waals surface area contributed by atoms with Gasteiger partial charge in [-0.15, -0.1) is 0 Å². The van der Waals surface area contributed by atoms with Crippen molar-refractivity contribution in [3.8, 4) is 0 Å². The van der Waals surface area contributed by atoms with E-state index < -0.39 is 0 Å². The van der Waals surface area contributed by atoms with Gasteiger partial charge >= 0.3 is 0 Å². The van der Waals surface area contributed by atoms with Crippen LogP contribution < -0.4 is 0 Å². The van der Waals surface area contributed by atoms with Crippen LogP contribution in [-0.2, 0) is 11.3 Å². The number of methoxy groups -OCH3 is 1. The number of rotatable bonds is 4. The summed E-state index contributed by atoms with van der Waals surface area (Å²) in [6.45, 7) is 2.87. The molecular weight excluding hydrogens is 224 g/mol. The van der Waals surface area contributed by atoms with Crippen LogP contribution in [0.15, 0.2) is 24.3 Å². The molecule has 1 fully saturated rings. The van der Waals surface area contributed by atoms with E-state index in [-0.39, 0.29) is 6.10 Å². The lowest BCUT2D eigenvalue weighted by molar-refractivity contribution is 0.0687. The second-order valence-corrected chi connectivity index (χ2v) is 5.61. The first kappa shape index (κ1) is 13.6. The van der Waals surface area contributed by atoms with E-state index in [1.54, 1.807) is 7.11 Å². The molecular formula is C16H24O2. The molecule has 100 valence electrons. The highest BCUT2D eigenvalue weighted by Crippen LogP contribution is 2.38. The third-order valence-corrected chi connectivity index (χ3v) is 4.10. The fourth-order valence-electron chi connectivity index (χ4n) is 3.13. The Morgan fingerprint density at radius 1 is 1.33 bits per heavy atom. The van der Waals surface area contributed by atoms with Gasteiger partial charge in [0.05, 0.1) is 12.7 Å². The molecule has 0 aliphatic heterocycles. The van der Waals surface area contributed by atoms with E-state index in [2.05, 4.69) is 6.92 Å². The predicted molar refractivity (Wildman–Crippen MR) is 73.2 cm³/mol. The zero-order chi connectivity index (χ0) is 13.0. The largest absolute Gasteiger partial charge is 0.388 e. The summed E-state index contributed by atoms with van der Waals surface area (Å²) in [6, 6.07) is 8.10. The molecule has 1 N–H and O–H groups in total. The first-order chi connectivity index (χ1) is 8.72. The zero-order valence-electron chi connectivity index (χ0n) is 11.4. The Balaban J connectivity index is 2.14. The molecule has 0 saturated heterocycles. The van der Waals surface area contributed by atoms with Gasteiger partial charge in [0, 0.05) is 7.11 Å². The lowest BCUT2D eigenvalue weighted by Gasteiger charge is -2.31. The van der Waals surface area contributed by atoms with Gasteiger partial charge in [0.2, 0.25) is 0 Å². The van der Waals surface area contributed by atoms with E-state index in [1.807, 2.05) is 24.3 Å². The van der Waals surface area contributed by atoms with Gasteiger partial charge in [0.25, 0.3) is 0 Å². The lowest BCUT2D eigenvalue weighted by atomic mass is 9.77. The van der Waals surface area contributed by atoms with Gasteiger partial charge in [-0.1, -0.05) is 44.0 Å². The summed E-state index contributed by atoms with van der Waals surface area (Å²) in [5.74, 6) is 1.15. The van der Waals surface area contributed by atoms with E-state index in [4.69, 9.17) is 4.74 Å². The van der Waals surface area contributed by atoms with Crippen LogP contribution >= 0.6 is 0 Å². The van der Waals surface area contributed by atoms with Crippen molar-refractivity contribution in [2.24, 2.45) is 11.8 Å². The Labute approximate surface area is 110 Å². The predicted octanol–water partition coefficient (Wildman–Crippen LogP) is 3.69. The third-order valence-electron chi connectivity index (χ3n) is 4.10. The molecule has 3 unspecified atom stereocenters. The number of aliphatic hydroxyl groups is 1. The third kappa shape index (κ3) is 3.12. The van der Waals surface area contributed by atoms with Crippen molar-refractivity contribution in [2.45, 2.75) is 45.3 Å². The smallest absolute Gasteiger partial charge is 0.0821 e. The number of benzene rings is 1. The van der Waals surface area contributed by atoms with Crippen molar-refractivity contribution in [1.29, 1.82) is 0 Å². The van der Waals surface area contributed by atoms with Crippen LogP contribution in [-0.4, -0.2) is 12.2 Å². The fourth-order valence-corrected chi connectivity index (χ4v) is 3.13. The lowest BCUT2D eigenvalue weighted by Crippen LogP contribution is -2.21. The van der Waals surface area contributed by atoms with Crippen LogP contribution in [0.2, 0.25) is 0 Å². The summed E-state index contributed by atoms with van der Waals surface area (Å²) in [5.41, 5.74) is 2.17. The number of hydrogen-bond acceptors (Lipinski definition) is 2. The second-order valence-electron chi connectivity index (χ2n) is 5.61. The SMILES string of the molecule is COCc1ccccc1C(O)C1CCCC(C)C1. The van der Waals surface area contributed by atoms with Gasteiger partial charge < -0.3 is 9.84 Å². The van der Waals surface area contributed by atoms with Crippen molar-refractivity contribution in [3.63, 3.8) is 0 Å². The maximum absolute atomic E-state index is 10.6. The molecule has 0 aromatic heterocycles. The second kappa shape index (κ2) is 6.35. The fraction of sp³-hybridized carbons (Fsp3) is 0.625. The standard InChI is InChI=1S/C16H24O2/c1-12-6-5-8-13(10-12)16(17)15-9-4-3-7-14(15)11-18-2/h3-4,7,9,12-13,16-17H,5-6,8,10-11H2,1-2H3. The highest BCUT2D eigenvalue weighted by molar-refractivity contribution is 5.29. The highest BCUT2D eigenvalue weighted by Gasteiger charge is 2.27. The molecule has 1 aliphatic carbocycles. The van der Waals surface area contributed by atoms with Gasteiger partial charge in [-0.25, -0.2) is 0 Å². The van der Waals surface area contributed by atoms with Crippen molar-refractivity contribution < 1.29 is 9.84 Å². The summed E-state index contributed by atoms with van der Waals surface area (Å²) >= 11 is 0. The van der Waals surface area contributed by atoms with Gasteiger partial charge in [0.15, 0.2) is 0 Å². The average molecular weight is 248 g/mol. The Morgan fingerprint density at radius 3 is 2.83 bits per heavy atom.